The van der Waals surface area contributed by atoms with Crippen molar-refractivity contribution in [1.29, 1.82) is 0 Å². The molecule has 0 atom stereocenters. The van der Waals surface area contributed by atoms with Crippen molar-refractivity contribution >= 4 is 11.8 Å². The Morgan fingerprint density at radius 3 is 2.13 bits per heavy atom. The smallest absolute Gasteiger partial charge is 0.225 e. The maximum Gasteiger partial charge on any atom is 0.225 e. The van der Waals surface area contributed by atoms with Crippen molar-refractivity contribution in [3.8, 4) is 0 Å². The van der Waals surface area contributed by atoms with E-state index in [1.807, 2.05) is 0 Å². The Morgan fingerprint density at radius 1 is 1.00 bits per heavy atom. The van der Waals surface area contributed by atoms with Gasteiger partial charge in [-0.2, -0.15) is 0 Å². The van der Waals surface area contributed by atoms with Crippen LogP contribution in [0, 0.1) is 23.7 Å². The average molecular weight is 322 g/mol. The Balaban J connectivity index is 1.70. The molecule has 2 rings (SSSR count). The summed E-state index contributed by atoms with van der Waals surface area (Å²) in [6, 6.07) is 0. The average Bonchev–Trinajstić information content (AvgIpc) is 2.54. The quantitative estimate of drug-likeness (QED) is 0.845. The molecule has 4 heteroatoms. The molecule has 0 spiro atoms. The lowest BCUT2D eigenvalue weighted by molar-refractivity contribution is -0.139. The molecule has 1 aliphatic heterocycles. The fraction of sp³-hybridized carbons (Fsp3) is 0.895. The number of nitrogens with zero attached hydrogens (tertiary/aromatic N) is 1. The summed E-state index contributed by atoms with van der Waals surface area (Å²) in [5.41, 5.74) is 0. The van der Waals surface area contributed by atoms with Gasteiger partial charge in [-0.25, -0.2) is 0 Å². The molecule has 2 aliphatic rings. The molecule has 0 aromatic heterocycles. The second-order valence-corrected chi connectivity index (χ2v) is 8.03. The molecule has 0 aromatic carbocycles. The van der Waals surface area contributed by atoms with Gasteiger partial charge in [0.1, 0.15) is 0 Å². The van der Waals surface area contributed by atoms with Gasteiger partial charge in [-0.05, 0) is 56.8 Å². The lowest BCUT2D eigenvalue weighted by Gasteiger charge is -2.35. The maximum absolute atomic E-state index is 12.6. The summed E-state index contributed by atoms with van der Waals surface area (Å²) >= 11 is 0. The van der Waals surface area contributed by atoms with Gasteiger partial charge in [0.15, 0.2) is 0 Å². The van der Waals surface area contributed by atoms with Crippen molar-refractivity contribution in [3.63, 3.8) is 0 Å². The predicted molar refractivity (Wildman–Crippen MR) is 92.9 cm³/mol. The van der Waals surface area contributed by atoms with Crippen LogP contribution in [0.15, 0.2) is 0 Å². The van der Waals surface area contributed by atoms with Gasteiger partial charge in [-0.1, -0.05) is 20.8 Å². The molecule has 0 radical (unpaired) electrons. The normalized spacial score (nSPS) is 26.3. The van der Waals surface area contributed by atoms with E-state index in [0.717, 1.165) is 70.5 Å². The molecule has 23 heavy (non-hydrogen) atoms. The molecular formula is C19H34N2O2. The number of carbonyl (C=O) groups is 2. The molecule has 1 saturated heterocycles. The van der Waals surface area contributed by atoms with Crippen LogP contribution in [0.25, 0.3) is 0 Å². The van der Waals surface area contributed by atoms with Crippen LogP contribution in [0.3, 0.4) is 0 Å². The van der Waals surface area contributed by atoms with Gasteiger partial charge in [0, 0.05) is 31.5 Å². The molecule has 1 heterocycles. The number of likely N-dealkylation sites (tertiary alicyclic amines) is 1. The van der Waals surface area contributed by atoms with Crippen molar-refractivity contribution in [1.82, 2.24) is 10.2 Å². The minimum absolute atomic E-state index is 0.118. The van der Waals surface area contributed by atoms with Crippen molar-refractivity contribution in [3.05, 3.63) is 0 Å². The van der Waals surface area contributed by atoms with E-state index in [-0.39, 0.29) is 17.7 Å². The number of hydrogen-bond donors (Lipinski definition) is 1. The summed E-state index contributed by atoms with van der Waals surface area (Å²) in [7, 11) is 0. The van der Waals surface area contributed by atoms with Crippen molar-refractivity contribution < 1.29 is 9.59 Å². The highest BCUT2D eigenvalue weighted by Gasteiger charge is 2.32. The van der Waals surface area contributed by atoms with E-state index < -0.39 is 0 Å². The van der Waals surface area contributed by atoms with Crippen molar-refractivity contribution in [2.24, 2.45) is 23.7 Å². The van der Waals surface area contributed by atoms with E-state index in [2.05, 4.69) is 31.0 Å². The molecule has 0 unspecified atom stereocenters. The monoisotopic (exact) mass is 322 g/mol. The first-order chi connectivity index (χ1) is 11.0. The molecule has 1 N–H and O–H groups in total. The number of rotatable bonds is 5. The Hall–Kier alpha value is -1.06. The summed E-state index contributed by atoms with van der Waals surface area (Å²) in [5, 5.41) is 3.06. The summed E-state index contributed by atoms with van der Waals surface area (Å²) in [5.74, 6) is 2.19. The van der Waals surface area contributed by atoms with Gasteiger partial charge in [-0.15, -0.1) is 0 Å². The van der Waals surface area contributed by atoms with Crippen molar-refractivity contribution in [2.75, 3.05) is 19.6 Å². The summed E-state index contributed by atoms with van der Waals surface area (Å²) in [4.78, 5) is 26.9. The maximum atomic E-state index is 12.6. The largest absolute Gasteiger partial charge is 0.356 e. The van der Waals surface area contributed by atoms with Crippen LogP contribution in [0.5, 0.6) is 0 Å². The van der Waals surface area contributed by atoms with Crippen LogP contribution in [0.1, 0.15) is 65.7 Å². The van der Waals surface area contributed by atoms with E-state index in [4.69, 9.17) is 0 Å². The molecule has 0 aromatic rings. The molecule has 132 valence electrons. The fourth-order valence-electron chi connectivity index (χ4n) is 3.72. The predicted octanol–water partition coefficient (Wildman–Crippen LogP) is 3.21. The lowest BCUT2D eigenvalue weighted by atomic mass is 9.80. The van der Waals surface area contributed by atoms with Crippen LogP contribution in [0.2, 0.25) is 0 Å². The van der Waals surface area contributed by atoms with Gasteiger partial charge >= 0.3 is 0 Å². The Kier molecular flexibility index (Phi) is 6.91. The van der Waals surface area contributed by atoms with Gasteiger partial charge in [0.05, 0.1) is 0 Å². The zero-order chi connectivity index (χ0) is 16.8. The topological polar surface area (TPSA) is 49.4 Å². The lowest BCUT2D eigenvalue weighted by Crippen LogP contribution is -2.43. The molecule has 4 nitrogen and oxygen atoms in total. The number of piperidine rings is 1. The third-order valence-corrected chi connectivity index (χ3v) is 5.56. The number of carbonyl (C=O) groups excluding carboxylic acids is 2. The minimum Gasteiger partial charge on any atom is -0.356 e. The highest BCUT2D eigenvalue weighted by molar-refractivity contribution is 5.81. The first-order valence-corrected chi connectivity index (χ1v) is 9.54. The third-order valence-electron chi connectivity index (χ3n) is 5.56. The molecule has 0 bridgehead atoms. The zero-order valence-corrected chi connectivity index (χ0v) is 15.1. The van der Waals surface area contributed by atoms with E-state index in [9.17, 15) is 9.59 Å². The molecular weight excluding hydrogens is 288 g/mol. The Bertz CT molecular complexity index is 392. The third kappa shape index (κ3) is 5.50. The second kappa shape index (κ2) is 8.70. The zero-order valence-electron chi connectivity index (χ0n) is 15.1. The van der Waals surface area contributed by atoms with E-state index in [1.54, 1.807) is 0 Å². The standard InChI is InChI=1S/C19H34N2O2/c1-14(2)8-11-20-18(22)16-4-6-17(7-5-16)19(23)21-12-9-15(3)10-13-21/h14-17H,4-13H2,1-3H3,(H,20,22). The molecule has 1 saturated carbocycles. The molecule has 2 amide bonds. The van der Waals surface area contributed by atoms with Crippen LogP contribution < -0.4 is 5.32 Å². The van der Waals surface area contributed by atoms with Gasteiger partial charge in [0.25, 0.3) is 0 Å². The minimum atomic E-state index is 0.118. The first kappa shape index (κ1) is 18.3. The van der Waals surface area contributed by atoms with E-state index in [0.29, 0.717) is 11.8 Å². The Labute approximate surface area is 141 Å². The molecule has 1 aliphatic carbocycles. The number of amides is 2. The fourth-order valence-corrected chi connectivity index (χ4v) is 3.72. The SMILES string of the molecule is CC(C)CCNC(=O)C1CCC(C(=O)N2CCC(C)CC2)CC1. The summed E-state index contributed by atoms with van der Waals surface area (Å²) in [6.45, 7) is 9.24. The highest BCUT2D eigenvalue weighted by Crippen LogP contribution is 2.31. The van der Waals surface area contributed by atoms with E-state index in [1.165, 1.54) is 0 Å². The highest BCUT2D eigenvalue weighted by atomic mass is 16.2. The van der Waals surface area contributed by atoms with E-state index >= 15 is 0 Å². The van der Waals surface area contributed by atoms with Gasteiger partial charge in [-0.3, -0.25) is 9.59 Å². The van der Waals surface area contributed by atoms with Crippen LogP contribution >= 0.6 is 0 Å². The van der Waals surface area contributed by atoms with Crippen molar-refractivity contribution in [2.45, 2.75) is 65.7 Å². The van der Waals surface area contributed by atoms with Gasteiger partial charge in [0.2, 0.25) is 11.8 Å². The summed E-state index contributed by atoms with van der Waals surface area (Å²) < 4.78 is 0. The number of hydrogen-bond acceptors (Lipinski definition) is 2. The van der Waals surface area contributed by atoms with Crippen LogP contribution in [-0.4, -0.2) is 36.3 Å². The summed E-state index contributed by atoms with van der Waals surface area (Å²) in [6.07, 6.45) is 6.81. The van der Waals surface area contributed by atoms with Crippen LogP contribution in [-0.2, 0) is 9.59 Å². The Morgan fingerprint density at radius 2 is 1.57 bits per heavy atom. The second-order valence-electron chi connectivity index (χ2n) is 8.03. The van der Waals surface area contributed by atoms with Crippen LogP contribution in [0.4, 0.5) is 0 Å². The number of nitrogens with one attached hydrogen (secondary N) is 1. The van der Waals surface area contributed by atoms with Gasteiger partial charge < -0.3 is 10.2 Å². The molecule has 2 fully saturated rings. The first-order valence-electron chi connectivity index (χ1n) is 9.54.